The number of carbonyl (C=O) groups is 1. The molecule has 0 aliphatic heterocycles. The van der Waals surface area contributed by atoms with Crippen LogP contribution < -0.4 is 5.32 Å². The van der Waals surface area contributed by atoms with Crippen molar-refractivity contribution in [2.45, 2.75) is 39.0 Å². The Bertz CT molecular complexity index is 508. The summed E-state index contributed by atoms with van der Waals surface area (Å²) in [6.45, 7) is 2.84. The molecule has 1 aromatic heterocycles. The fourth-order valence-electron chi connectivity index (χ4n) is 4.91. The predicted octanol–water partition coefficient (Wildman–Crippen LogP) is 2.06. The largest absolute Gasteiger partial charge is 0.356 e. The number of H-pyrrole nitrogens is 1. The lowest BCUT2D eigenvalue weighted by Gasteiger charge is -2.09. The third kappa shape index (κ3) is 1.88. The molecule has 1 heterocycles. The second-order valence-electron chi connectivity index (χ2n) is 6.93. The van der Waals surface area contributed by atoms with E-state index in [1.807, 2.05) is 13.1 Å². The zero-order chi connectivity index (χ0) is 13.7. The molecule has 4 unspecified atom stereocenters. The highest BCUT2D eigenvalue weighted by atomic mass is 16.2. The maximum absolute atomic E-state index is 12.2. The van der Waals surface area contributed by atoms with Gasteiger partial charge in [0.2, 0.25) is 5.91 Å². The van der Waals surface area contributed by atoms with Crippen LogP contribution in [0.5, 0.6) is 0 Å². The van der Waals surface area contributed by atoms with Crippen LogP contribution in [0.2, 0.25) is 0 Å². The van der Waals surface area contributed by atoms with E-state index >= 15 is 0 Å². The molecular weight excluding hydrogens is 250 g/mol. The number of rotatable bonds is 5. The Kier molecular flexibility index (Phi) is 2.86. The van der Waals surface area contributed by atoms with Crippen LogP contribution in [0, 0.1) is 36.5 Å². The first-order valence-corrected chi connectivity index (χ1v) is 8.02. The second-order valence-corrected chi connectivity index (χ2v) is 6.93. The summed E-state index contributed by atoms with van der Waals surface area (Å²) < 4.78 is 0. The van der Waals surface area contributed by atoms with Crippen LogP contribution in [0.15, 0.2) is 6.20 Å². The summed E-state index contributed by atoms with van der Waals surface area (Å²) in [5.41, 5.74) is 2.41. The summed E-state index contributed by atoms with van der Waals surface area (Å²) in [7, 11) is 0. The number of fused-ring (bicyclic) bond motifs is 5. The summed E-state index contributed by atoms with van der Waals surface area (Å²) in [5, 5.41) is 10.1. The van der Waals surface area contributed by atoms with Gasteiger partial charge in [-0.2, -0.15) is 5.10 Å². The van der Waals surface area contributed by atoms with Crippen molar-refractivity contribution in [2.75, 3.05) is 6.54 Å². The van der Waals surface area contributed by atoms with E-state index in [0.29, 0.717) is 11.8 Å². The molecule has 2 bridgehead atoms. The Hall–Kier alpha value is -1.32. The molecule has 1 aromatic rings. The molecule has 1 amide bonds. The van der Waals surface area contributed by atoms with Crippen molar-refractivity contribution in [2.24, 2.45) is 29.6 Å². The first-order chi connectivity index (χ1) is 9.75. The third-order valence-electron chi connectivity index (χ3n) is 5.89. The van der Waals surface area contributed by atoms with E-state index < -0.39 is 0 Å². The molecule has 4 atom stereocenters. The molecule has 0 aromatic carbocycles. The standard InChI is InChI=1S/C16H23N3O/c1-9-12(8-18-19-9)3-2-6-17-16(20)15-13-10-4-5-11(7-10)14(13)15/h8,10-11,13-15H,2-7H2,1H3,(H,17,20)(H,18,19). The maximum Gasteiger partial charge on any atom is 0.223 e. The molecular formula is C16H23N3O. The van der Waals surface area contributed by atoms with Crippen molar-refractivity contribution in [1.82, 2.24) is 15.5 Å². The first-order valence-electron chi connectivity index (χ1n) is 8.02. The second kappa shape index (κ2) is 4.61. The fourth-order valence-corrected chi connectivity index (χ4v) is 4.91. The van der Waals surface area contributed by atoms with E-state index in [-0.39, 0.29) is 0 Å². The smallest absolute Gasteiger partial charge is 0.223 e. The minimum Gasteiger partial charge on any atom is -0.356 e. The Labute approximate surface area is 119 Å². The van der Waals surface area contributed by atoms with Crippen LogP contribution in [-0.4, -0.2) is 22.6 Å². The maximum atomic E-state index is 12.2. The van der Waals surface area contributed by atoms with Crippen molar-refractivity contribution in [3.63, 3.8) is 0 Å². The molecule has 0 radical (unpaired) electrons. The molecule has 0 saturated heterocycles. The van der Waals surface area contributed by atoms with Gasteiger partial charge in [-0.25, -0.2) is 0 Å². The predicted molar refractivity (Wildman–Crippen MR) is 76.0 cm³/mol. The van der Waals surface area contributed by atoms with E-state index in [0.717, 1.165) is 48.8 Å². The van der Waals surface area contributed by atoms with Crippen LogP contribution >= 0.6 is 0 Å². The zero-order valence-electron chi connectivity index (χ0n) is 12.1. The van der Waals surface area contributed by atoms with Gasteiger partial charge in [0.15, 0.2) is 0 Å². The molecule has 0 spiro atoms. The number of aromatic nitrogens is 2. The lowest BCUT2D eigenvalue weighted by molar-refractivity contribution is -0.123. The topological polar surface area (TPSA) is 57.8 Å². The number of amides is 1. The first kappa shape index (κ1) is 12.4. The van der Waals surface area contributed by atoms with E-state index in [1.54, 1.807) is 0 Å². The monoisotopic (exact) mass is 273 g/mol. The molecule has 3 aliphatic carbocycles. The van der Waals surface area contributed by atoms with Gasteiger partial charge in [-0.3, -0.25) is 9.89 Å². The van der Waals surface area contributed by atoms with Crippen LogP contribution in [-0.2, 0) is 11.2 Å². The molecule has 4 nitrogen and oxygen atoms in total. The number of carbonyl (C=O) groups excluding carboxylic acids is 1. The third-order valence-corrected chi connectivity index (χ3v) is 5.89. The molecule has 3 aliphatic rings. The summed E-state index contributed by atoms with van der Waals surface area (Å²) in [6.07, 6.45) is 8.07. The van der Waals surface area contributed by atoms with Crippen molar-refractivity contribution in [1.29, 1.82) is 0 Å². The number of nitrogens with zero attached hydrogens (tertiary/aromatic N) is 1. The van der Waals surface area contributed by atoms with Crippen LogP contribution in [0.3, 0.4) is 0 Å². The normalized spacial score (nSPS) is 37.0. The highest BCUT2D eigenvalue weighted by molar-refractivity contribution is 5.82. The van der Waals surface area contributed by atoms with Crippen molar-refractivity contribution in [3.8, 4) is 0 Å². The van der Waals surface area contributed by atoms with E-state index in [2.05, 4.69) is 15.5 Å². The summed E-state index contributed by atoms with van der Waals surface area (Å²) in [4.78, 5) is 12.2. The van der Waals surface area contributed by atoms with Gasteiger partial charge in [-0.15, -0.1) is 0 Å². The number of nitrogens with one attached hydrogen (secondary N) is 2. The van der Waals surface area contributed by atoms with Crippen molar-refractivity contribution < 1.29 is 4.79 Å². The van der Waals surface area contributed by atoms with Gasteiger partial charge >= 0.3 is 0 Å². The zero-order valence-corrected chi connectivity index (χ0v) is 12.1. The molecule has 108 valence electrons. The van der Waals surface area contributed by atoms with Crippen molar-refractivity contribution in [3.05, 3.63) is 17.5 Å². The SMILES string of the molecule is Cc1[nH]ncc1CCCNC(=O)C1C2C3CCC(C3)C12. The molecule has 4 heteroatoms. The van der Waals surface area contributed by atoms with Gasteiger partial charge in [-0.05, 0) is 68.3 Å². The quantitative estimate of drug-likeness (QED) is 0.807. The minimum atomic E-state index is 0.334. The highest BCUT2D eigenvalue weighted by Gasteiger charge is 2.67. The van der Waals surface area contributed by atoms with Gasteiger partial charge in [0.25, 0.3) is 0 Å². The fraction of sp³-hybridized carbons (Fsp3) is 0.750. The van der Waals surface area contributed by atoms with E-state index in [1.165, 1.54) is 24.8 Å². The lowest BCUT2D eigenvalue weighted by atomic mass is 10.0. The van der Waals surface area contributed by atoms with E-state index in [4.69, 9.17) is 0 Å². The molecule has 2 N–H and O–H groups in total. The average Bonchev–Trinajstić information content (AvgIpc) is 2.77. The number of hydrogen-bond acceptors (Lipinski definition) is 2. The molecule has 4 rings (SSSR count). The summed E-state index contributed by atoms with van der Waals surface area (Å²) in [5.74, 6) is 3.98. The Morgan fingerprint density at radius 1 is 1.40 bits per heavy atom. The summed E-state index contributed by atoms with van der Waals surface area (Å²) in [6, 6.07) is 0. The Balaban J connectivity index is 1.21. The molecule has 3 fully saturated rings. The lowest BCUT2D eigenvalue weighted by Crippen LogP contribution is -2.28. The summed E-state index contributed by atoms with van der Waals surface area (Å²) >= 11 is 0. The van der Waals surface area contributed by atoms with Crippen LogP contribution in [0.25, 0.3) is 0 Å². The Morgan fingerprint density at radius 2 is 2.15 bits per heavy atom. The number of aromatic amines is 1. The highest BCUT2D eigenvalue weighted by Crippen LogP contribution is 2.69. The Morgan fingerprint density at radius 3 is 2.80 bits per heavy atom. The molecule has 20 heavy (non-hydrogen) atoms. The molecule has 3 saturated carbocycles. The van der Waals surface area contributed by atoms with Gasteiger partial charge in [0.05, 0.1) is 6.20 Å². The van der Waals surface area contributed by atoms with Gasteiger partial charge in [0, 0.05) is 18.2 Å². The minimum absolute atomic E-state index is 0.334. The van der Waals surface area contributed by atoms with Gasteiger partial charge < -0.3 is 5.32 Å². The van der Waals surface area contributed by atoms with Crippen LogP contribution in [0.1, 0.15) is 36.9 Å². The number of aryl methyl sites for hydroxylation is 2. The van der Waals surface area contributed by atoms with Crippen molar-refractivity contribution >= 4 is 5.91 Å². The van der Waals surface area contributed by atoms with E-state index in [9.17, 15) is 4.79 Å². The van der Waals surface area contributed by atoms with Gasteiger partial charge in [0.1, 0.15) is 0 Å². The van der Waals surface area contributed by atoms with Crippen LogP contribution in [0.4, 0.5) is 0 Å². The average molecular weight is 273 g/mol. The van der Waals surface area contributed by atoms with Gasteiger partial charge in [-0.1, -0.05) is 0 Å². The number of hydrogen-bond donors (Lipinski definition) is 2.